The highest BCUT2D eigenvalue weighted by atomic mass is 35.7. The molecule has 0 aromatic carbocycles. The van der Waals surface area contributed by atoms with E-state index < -0.39 is 9.05 Å². The molecule has 2 atom stereocenters. The second-order valence-corrected chi connectivity index (χ2v) is 5.26. The molecule has 56 valence electrons. The monoisotopic (exact) mass is 179 g/mol. The Morgan fingerprint density at radius 2 is 2.30 bits per heavy atom. The van der Waals surface area contributed by atoms with E-state index in [2.05, 4.69) is 0 Å². The molecule has 1 aliphatic carbocycles. The van der Waals surface area contributed by atoms with Crippen molar-refractivity contribution in [2.75, 3.05) is 5.75 Å². The highest BCUT2D eigenvalue weighted by Gasteiger charge is 2.39. The van der Waals surface area contributed by atoms with Crippen LogP contribution in [0.1, 0.15) is 6.42 Å². The van der Waals surface area contributed by atoms with Gasteiger partial charge in [-0.05, 0) is 12.3 Å². The van der Waals surface area contributed by atoms with Crippen molar-refractivity contribution in [2.24, 2.45) is 11.8 Å². The first-order chi connectivity index (χ1) is 4.53. The van der Waals surface area contributed by atoms with Crippen LogP contribution in [0.4, 0.5) is 0 Å². The maximum Gasteiger partial charge on any atom is 0.232 e. The van der Waals surface area contributed by atoms with E-state index in [0.717, 1.165) is 0 Å². The zero-order valence-electron chi connectivity index (χ0n) is 5.12. The molecule has 1 aliphatic rings. The first kappa shape index (κ1) is 7.83. The summed E-state index contributed by atoms with van der Waals surface area (Å²) < 4.78 is 20.8. The van der Waals surface area contributed by atoms with Gasteiger partial charge >= 0.3 is 0 Å². The molecule has 0 N–H and O–H groups in total. The standard InChI is InChI=1S/C5H6ClNO2S/c6-10(8,9)3-5-1-4(5)2-7/h4-5H,1,3H2. The molecule has 5 heteroatoms. The largest absolute Gasteiger partial charge is 0.232 e. The van der Waals surface area contributed by atoms with Crippen molar-refractivity contribution >= 4 is 19.7 Å². The molecule has 1 rings (SSSR count). The highest BCUT2D eigenvalue weighted by Crippen LogP contribution is 2.39. The van der Waals surface area contributed by atoms with Crippen LogP contribution in [0.3, 0.4) is 0 Å². The molecule has 0 aliphatic heterocycles. The van der Waals surface area contributed by atoms with Gasteiger partial charge in [-0.3, -0.25) is 0 Å². The van der Waals surface area contributed by atoms with Crippen LogP contribution in [0.15, 0.2) is 0 Å². The van der Waals surface area contributed by atoms with Crippen LogP contribution in [-0.4, -0.2) is 14.2 Å². The van der Waals surface area contributed by atoms with Crippen LogP contribution >= 0.6 is 10.7 Å². The lowest BCUT2D eigenvalue weighted by atomic mass is 10.4. The van der Waals surface area contributed by atoms with Gasteiger partial charge in [0.25, 0.3) is 0 Å². The van der Waals surface area contributed by atoms with Gasteiger partial charge in [0.05, 0.1) is 17.7 Å². The SMILES string of the molecule is N#CC1CC1CS(=O)(=O)Cl. The Balaban J connectivity index is 2.40. The van der Waals surface area contributed by atoms with E-state index in [1.807, 2.05) is 6.07 Å². The molecule has 1 saturated carbocycles. The number of rotatable bonds is 2. The summed E-state index contributed by atoms with van der Waals surface area (Å²) >= 11 is 0. The average Bonchev–Trinajstić information content (AvgIpc) is 2.42. The van der Waals surface area contributed by atoms with E-state index in [1.165, 1.54) is 0 Å². The van der Waals surface area contributed by atoms with Crippen LogP contribution in [0.2, 0.25) is 0 Å². The van der Waals surface area contributed by atoms with Crippen molar-refractivity contribution in [1.29, 1.82) is 5.26 Å². The van der Waals surface area contributed by atoms with E-state index in [1.54, 1.807) is 0 Å². The highest BCUT2D eigenvalue weighted by molar-refractivity contribution is 8.13. The third kappa shape index (κ3) is 2.16. The Morgan fingerprint density at radius 1 is 1.70 bits per heavy atom. The molecule has 0 amide bonds. The van der Waals surface area contributed by atoms with Gasteiger partial charge in [0.15, 0.2) is 0 Å². The first-order valence-corrected chi connectivity index (χ1v) is 5.33. The third-order valence-electron chi connectivity index (χ3n) is 1.50. The zero-order chi connectivity index (χ0) is 7.78. The maximum atomic E-state index is 10.4. The average molecular weight is 180 g/mol. The van der Waals surface area contributed by atoms with E-state index in [0.29, 0.717) is 6.42 Å². The molecule has 1 fully saturated rings. The van der Waals surface area contributed by atoms with Crippen molar-refractivity contribution < 1.29 is 8.42 Å². The van der Waals surface area contributed by atoms with Crippen molar-refractivity contribution in [2.45, 2.75) is 6.42 Å². The molecule has 0 spiro atoms. The summed E-state index contributed by atoms with van der Waals surface area (Å²) in [6.45, 7) is 0. The van der Waals surface area contributed by atoms with Crippen LogP contribution in [-0.2, 0) is 9.05 Å². The summed E-state index contributed by atoms with van der Waals surface area (Å²) in [6, 6.07) is 1.99. The zero-order valence-corrected chi connectivity index (χ0v) is 6.69. The molecule has 0 radical (unpaired) electrons. The third-order valence-corrected chi connectivity index (χ3v) is 2.71. The Labute approximate surface area is 64.0 Å². The minimum absolute atomic E-state index is 0.00694. The second kappa shape index (κ2) is 2.40. The van der Waals surface area contributed by atoms with Gasteiger partial charge in [0.1, 0.15) is 0 Å². The van der Waals surface area contributed by atoms with Gasteiger partial charge in [0.2, 0.25) is 9.05 Å². The molecule has 0 aromatic rings. The smallest absolute Gasteiger partial charge is 0.212 e. The van der Waals surface area contributed by atoms with Gasteiger partial charge in [-0.25, -0.2) is 8.42 Å². The number of hydrogen-bond acceptors (Lipinski definition) is 3. The molecule has 10 heavy (non-hydrogen) atoms. The quantitative estimate of drug-likeness (QED) is 0.587. The van der Waals surface area contributed by atoms with Gasteiger partial charge in [-0.1, -0.05) is 0 Å². The molecule has 2 unspecified atom stereocenters. The molecule has 0 heterocycles. The first-order valence-electron chi connectivity index (χ1n) is 2.85. The van der Waals surface area contributed by atoms with E-state index in [4.69, 9.17) is 15.9 Å². The summed E-state index contributed by atoms with van der Waals surface area (Å²) in [5.74, 6) is -0.131. The Morgan fingerprint density at radius 3 is 2.60 bits per heavy atom. The predicted octanol–water partition coefficient (Wildman–Crippen LogP) is 0.715. The fourth-order valence-corrected chi connectivity index (χ4v) is 2.21. The van der Waals surface area contributed by atoms with E-state index in [9.17, 15) is 8.42 Å². The van der Waals surface area contributed by atoms with Crippen molar-refractivity contribution in [3.05, 3.63) is 0 Å². The van der Waals surface area contributed by atoms with Crippen molar-refractivity contribution in [3.63, 3.8) is 0 Å². The summed E-state index contributed by atoms with van der Waals surface area (Å²) in [4.78, 5) is 0. The fraction of sp³-hybridized carbons (Fsp3) is 0.800. The molecule has 0 saturated heterocycles. The number of nitrogens with zero attached hydrogens (tertiary/aromatic N) is 1. The molecular formula is C5H6ClNO2S. The van der Waals surface area contributed by atoms with Gasteiger partial charge in [-0.2, -0.15) is 5.26 Å². The molecule has 0 aromatic heterocycles. The van der Waals surface area contributed by atoms with E-state index in [-0.39, 0.29) is 17.6 Å². The maximum absolute atomic E-state index is 10.4. The summed E-state index contributed by atoms with van der Waals surface area (Å²) in [5.41, 5.74) is 0. The van der Waals surface area contributed by atoms with Gasteiger partial charge in [0, 0.05) is 10.7 Å². The summed E-state index contributed by atoms with van der Waals surface area (Å²) in [6.07, 6.45) is 0.683. The fourth-order valence-electron chi connectivity index (χ4n) is 0.846. The van der Waals surface area contributed by atoms with Crippen molar-refractivity contribution in [1.82, 2.24) is 0 Å². The van der Waals surface area contributed by atoms with Crippen LogP contribution in [0.5, 0.6) is 0 Å². The lowest BCUT2D eigenvalue weighted by Gasteiger charge is -1.88. The topological polar surface area (TPSA) is 57.9 Å². The van der Waals surface area contributed by atoms with Crippen molar-refractivity contribution in [3.8, 4) is 6.07 Å². The lowest BCUT2D eigenvalue weighted by Crippen LogP contribution is -1.99. The second-order valence-electron chi connectivity index (χ2n) is 2.44. The minimum atomic E-state index is -3.38. The van der Waals surface area contributed by atoms with Crippen LogP contribution < -0.4 is 0 Å². The normalized spacial score (nSPS) is 31.2. The van der Waals surface area contributed by atoms with E-state index >= 15 is 0 Å². The Bertz CT molecular complexity index is 266. The molecule has 3 nitrogen and oxygen atoms in total. The summed E-state index contributed by atoms with van der Waals surface area (Å²) in [7, 11) is 1.57. The van der Waals surface area contributed by atoms with Gasteiger partial charge in [-0.15, -0.1) is 0 Å². The summed E-state index contributed by atoms with van der Waals surface area (Å²) in [5, 5.41) is 8.29. The number of halogens is 1. The molecular weight excluding hydrogens is 174 g/mol. The minimum Gasteiger partial charge on any atom is -0.212 e. The lowest BCUT2D eigenvalue weighted by molar-refractivity contribution is 0.605. The van der Waals surface area contributed by atoms with Gasteiger partial charge < -0.3 is 0 Å². The molecule has 0 bridgehead atoms. The Hall–Kier alpha value is -0.270. The predicted molar refractivity (Wildman–Crippen MR) is 36.8 cm³/mol. The van der Waals surface area contributed by atoms with Crippen LogP contribution in [0, 0.1) is 23.2 Å². The number of hydrogen-bond donors (Lipinski definition) is 0. The Kier molecular flexibility index (Phi) is 1.88. The number of nitriles is 1. The van der Waals surface area contributed by atoms with Crippen LogP contribution in [0.25, 0.3) is 0 Å².